The molecule has 1 aliphatic heterocycles. The molecule has 0 radical (unpaired) electrons. The Morgan fingerprint density at radius 1 is 1.15 bits per heavy atom. The average molecular weight is 461 g/mol. The topological polar surface area (TPSA) is 75.8 Å². The molecule has 1 aliphatic rings. The first-order valence-corrected chi connectivity index (χ1v) is 11.8. The molecule has 2 aromatic carbocycles. The lowest BCUT2D eigenvalue weighted by Gasteiger charge is -2.36. The minimum absolute atomic E-state index is 0.239. The van der Waals surface area contributed by atoms with Gasteiger partial charge in [0.2, 0.25) is 5.89 Å². The van der Waals surface area contributed by atoms with Crippen molar-refractivity contribution in [3.05, 3.63) is 77.3 Å². The van der Waals surface area contributed by atoms with Crippen molar-refractivity contribution in [2.45, 2.75) is 19.9 Å². The number of nitrogens with zero attached hydrogens (tertiary/aromatic N) is 2. The van der Waals surface area contributed by atoms with E-state index in [0.29, 0.717) is 19.0 Å². The third-order valence-electron chi connectivity index (χ3n) is 5.74. The molecule has 33 heavy (non-hydrogen) atoms. The summed E-state index contributed by atoms with van der Waals surface area (Å²) >= 11 is 1.69. The van der Waals surface area contributed by atoms with Crippen LogP contribution in [-0.4, -0.2) is 34.0 Å². The Hall–Kier alpha value is -3.42. The molecular formula is C26H24N2O4S. The number of carboxylic acids is 1. The third kappa shape index (κ3) is 4.69. The first-order valence-electron chi connectivity index (χ1n) is 11.0. The summed E-state index contributed by atoms with van der Waals surface area (Å²) in [5, 5.41) is 9.08. The maximum absolute atomic E-state index is 11.0. The maximum Gasteiger partial charge on any atom is 0.309 e. The number of para-hydroxylation sites is 1. The van der Waals surface area contributed by atoms with E-state index in [1.54, 1.807) is 17.5 Å². The standard InChI is InChI=1S/C26H24N2O4S/c1-2-17-12-22(16-28-14-19(15-28)26(29)30)33-24(17)23-13-27-25(32-23)18-8-10-21(11-9-18)31-20-6-4-3-5-7-20/h3-13,19H,2,14-16H2,1H3,(H,29,30). The van der Waals surface area contributed by atoms with Gasteiger partial charge in [-0.05, 0) is 54.4 Å². The van der Waals surface area contributed by atoms with E-state index in [4.69, 9.17) is 14.3 Å². The number of rotatable bonds is 8. The van der Waals surface area contributed by atoms with Crippen LogP contribution in [0.1, 0.15) is 17.4 Å². The Bertz CT molecular complexity index is 1240. The van der Waals surface area contributed by atoms with Gasteiger partial charge in [0.05, 0.1) is 17.0 Å². The molecule has 1 saturated heterocycles. The number of aliphatic carboxylic acids is 1. The lowest BCUT2D eigenvalue weighted by Crippen LogP contribution is -2.49. The molecule has 6 nitrogen and oxygen atoms in total. The fraction of sp³-hybridized carbons (Fsp3) is 0.231. The highest BCUT2D eigenvalue weighted by Gasteiger charge is 2.32. The van der Waals surface area contributed by atoms with Crippen LogP contribution in [-0.2, 0) is 17.8 Å². The van der Waals surface area contributed by atoms with Crippen molar-refractivity contribution >= 4 is 17.3 Å². The zero-order valence-electron chi connectivity index (χ0n) is 18.2. The smallest absolute Gasteiger partial charge is 0.309 e. The second-order valence-electron chi connectivity index (χ2n) is 8.12. The molecule has 168 valence electrons. The van der Waals surface area contributed by atoms with E-state index in [1.165, 1.54) is 10.4 Å². The van der Waals surface area contributed by atoms with Crippen LogP contribution in [0.4, 0.5) is 0 Å². The van der Waals surface area contributed by atoms with E-state index in [-0.39, 0.29) is 5.92 Å². The number of ether oxygens (including phenoxy) is 1. The zero-order valence-corrected chi connectivity index (χ0v) is 19.0. The van der Waals surface area contributed by atoms with Crippen LogP contribution in [0.25, 0.3) is 22.1 Å². The predicted molar refractivity (Wildman–Crippen MR) is 128 cm³/mol. The summed E-state index contributed by atoms with van der Waals surface area (Å²) in [5.41, 5.74) is 2.11. The van der Waals surface area contributed by atoms with Crippen LogP contribution in [0.3, 0.4) is 0 Å². The van der Waals surface area contributed by atoms with Crippen LogP contribution in [0, 0.1) is 5.92 Å². The Morgan fingerprint density at radius 3 is 2.58 bits per heavy atom. The van der Waals surface area contributed by atoms with Crippen LogP contribution in [0.15, 0.2) is 71.3 Å². The Labute approximate surface area is 196 Å². The molecule has 2 aromatic heterocycles. The number of oxazole rings is 1. The molecule has 1 N–H and O–H groups in total. The molecule has 0 amide bonds. The second-order valence-corrected chi connectivity index (χ2v) is 9.26. The van der Waals surface area contributed by atoms with Gasteiger partial charge in [-0.2, -0.15) is 0 Å². The largest absolute Gasteiger partial charge is 0.481 e. The molecule has 5 rings (SSSR count). The molecule has 3 heterocycles. The summed E-state index contributed by atoms with van der Waals surface area (Å²) in [6.45, 7) is 4.12. The van der Waals surface area contributed by atoms with Gasteiger partial charge in [0.15, 0.2) is 5.76 Å². The maximum atomic E-state index is 11.0. The van der Waals surface area contributed by atoms with Gasteiger partial charge < -0.3 is 14.3 Å². The number of hydrogen-bond donors (Lipinski definition) is 1. The fourth-order valence-corrected chi connectivity index (χ4v) is 5.15. The van der Waals surface area contributed by atoms with Crippen LogP contribution < -0.4 is 4.74 Å². The number of aromatic nitrogens is 1. The average Bonchev–Trinajstić information content (AvgIpc) is 3.44. The zero-order chi connectivity index (χ0) is 22.8. The summed E-state index contributed by atoms with van der Waals surface area (Å²) < 4.78 is 12.0. The van der Waals surface area contributed by atoms with Gasteiger partial charge >= 0.3 is 5.97 Å². The molecule has 0 bridgehead atoms. The van der Waals surface area contributed by atoms with Crippen LogP contribution in [0.2, 0.25) is 0 Å². The van der Waals surface area contributed by atoms with E-state index in [0.717, 1.165) is 40.7 Å². The van der Waals surface area contributed by atoms with Gasteiger partial charge in [-0.15, -0.1) is 11.3 Å². The van der Waals surface area contributed by atoms with Gasteiger partial charge in [-0.1, -0.05) is 25.1 Å². The Kier molecular flexibility index (Phi) is 5.98. The first kappa shape index (κ1) is 21.4. The number of benzene rings is 2. The van der Waals surface area contributed by atoms with E-state index >= 15 is 0 Å². The van der Waals surface area contributed by atoms with Crippen LogP contribution in [0.5, 0.6) is 11.5 Å². The number of likely N-dealkylation sites (tertiary alicyclic amines) is 1. The quantitative estimate of drug-likeness (QED) is 0.351. The minimum atomic E-state index is -0.707. The molecule has 0 unspecified atom stereocenters. The summed E-state index contributed by atoms with van der Waals surface area (Å²) in [5.74, 6) is 1.93. The Morgan fingerprint density at radius 2 is 1.88 bits per heavy atom. The molecule has 0 aliphatic carbocycles. The highest BCUT2D eigenvalue weighted by molar-refractivity contribution is 7.15. The van der Waals surface area contributed by atoms with Gasteiger partial charge in [-0.25, -0.2) is 4.98 Å². The molecule has 7 heteroatoms. The van der Waals surface area contributed by atoms with Gasteiger partial charge in [0.1, 0.15) is 11.5 Å². The summed E-state index contributed by atoms with van der Waals surface area (Å²) in [7, 11) is 0. The van der Waals surface area contributed by atoms with Crippen molar-refractivity contribution in [1.82, 2.24) is 9.88 Å². The van der Waals surface area contributed by atoms with Crippen molar-refractivity contribution in [2.75, 3.05) is 13.1 Å². The monoisotopic (exact) mass is 460 g/mol. The number of aryl methyl sites for hydroxylation is 1. The van der Waals surface area contributed by atoms with Crippen molar-refractivity contribution in [2.24, 2.45) is 5.92 Å². The lowest BCUT2D eigenvalue weighted by atomic mass is 10.0. The molecule has 0 atom stereocenters. The normalized spacial score (nSPS) is 14.2. The van der Waals surface area contributed by atoms with Crippen molar-refractivity contribution in [3.8, 4) is 33.6 Å². The van der Waals surface area contributed by atoms with E-state index in [2.05, 4.69) is 22.9 Å². The van der Waals surface area contributed by atoms with Crippen molar-refractivity contribution in [1.29, 1.82) is 0 Å². The van der Waals surface area contributed by atoms with E-state index in [9.17, 15) is 4.79 Å². The third-order valence-corrected chi connectivity index (χ3v) is 6.91. The summed E-state index contributed by atoms with van der Waals surface area (Å²) in [6, 6.07) is 19.6. The van der Waals surface area contributed by atoms with Gasteiger partial charge in [-0.3, -0.25) is 9.69 Å². The summed E-state index contributed by atoms with van der Waals surface area (Å²) in [6.07, 6.45) is 2.67. The number of carboxylic acid groups (broad SMARTS) is 1. The number of thiophene rings is 1. The van der Waals surface area contributed by atoms with Crippen molar-refractivity contribution < 1.29 is 19.1 Å². The molecular weight excluding hydrogens is 436 g/mol. The van der Waals surface area contributed by atoms with Gasteiger partial charge in [0, 0.05) is 30.1 Å². The number of hydrogen-bond acceptors (Lipinski definition) is 6. The predicted octanol–water partition coefficient (Wildman–Crippen LogP) is 5.94. The SMILES string of the molecule is CCc1cc(CN2CC(C(=O)O)C2)sc1-c1cnc(-c2ccc(Oc3ccccc3)cc2)o1. The molecule has 0 spiro atoms. The number of carbonyl (C=O) groups is 1. The molecule has 0 saturated carbocycles. The second kappa shape index (κ2) is 9.21. The van der Waals surface area contributed by atoms with Crippen LogP contribution >= 0.6 is 11.3 Å². The highest BCUT2D eigenvalue weighted by atomic mass is 32.1. The minimum Gasteiger partial charge on any atom is -0.481 e. The summed E-state index contributed by atoms with van der Waals surface area (Å²) in [4.78, 5) is 20.0. The van der Waals surface area contributed by atoms with Crippen molar-refractivity contribution in [3.63, 3.8) is 0 Å². The van der Waals surface area contributed by atoms with E-state index in [1.807, 2.05) is 54.6 Å². The highest BCUT2D eigenvalue weighted by Crippen LogP contribution is 2.37. The fourth-order valence-electron chi connectivity index (χ4n) is 3.91. The molecule has 4 aromatic rings. The lowest BCUT2D eigenvalue weighted by molar-refractivity contribution is -0.147. The van der Waals surface area contributed by atoms with Gasteiger partial charge in [0.25, 0.3) is 0 Å². The first-order chi connectivity index (χ1) is 16.1. The van der Waals surface area contributed by atoms with E-state index < -0.39 is 5.97 Å². The molecule has 1 fully saturated rings. The Balaban J connectivity index is 1.29.